The Balaban J connectivity index is 0.00000117. The van der Waals surface area contributed by atoms with Crippen molar-refractivity contribution < 1.29 is 23.1 Å². The average molecular weight is 385 g/mol. The number of nitrogens with one attached hydrogen (secondary N) is 1. The zero-order chi connectivity index (χ0) is 19.3. The number of imidazole rings is 1. The fourth-order valence-electron chi connectivity index (χ4n) is 2.39. The van der Waals surface area contributed by atoms with E-state index in [-0.39, 0.29) is 24.3 Å². The number of aromatic nitrogens is 2. The molecule has 3 rings (SSSR count). The third-order valence-electron chi connectivity index (χ3n) is 3.40. The number of hydrogen-bond donors (Lipinski definition) is 2. The molecule has 9 heteroatoms. The Hall–Kier alpha value is -2.55. The minimum atomic E-state index is -4.57. The molecule has 140 valence electrons. The number of aliphatic carboxylic acids is 1. The lowest BCUT2D eigenvalue weighted by Crippen LogP contribution is -2.13. The predicted octanol–water partition coefficient (Wildman–Crippen LogP) is 4.68. The first-order valence-corrected chi connectivity index (χ1v) is 8.79. The van der Waals surface area contributed by atoms with Gasteiger partial charge in [0.15, 0.2) is 5.69 Å². The molecule has 0 bridgehead atoms. The molecule has 5 nitrogen and oxygen atoms in total. The van der Waals surface area contributed by atoms with Gasteiger partial charge < -0.3 is 14.8 Å². The van der Waals surface area contributed by atoms with Gasteiger partial charge in [0.1, 0.15) is 5.65 Å². The molecule has 0 saturated carbocycles. The smallest absolute Gasteiger partial charge is 0.435 e. The van der Waals surface area contributed by atoms with Crippen molar-refractivity contribution in [1.82, 2.24) is 9.38 Å². The Morgan fingerprint density at radius 2 is 2.04 bits per heavy atom. The van der Waals surface area contributed by atoms with Gasteiger partial charge in [-0.25, -0.2) is 4.98 Å². The van der Waals surface area contributed by atoms with E-state index in [9.17, 15) is 18.0 Å². The van der Waals surface area contributed by atoms with Crippen LogP contribution in [0.5, 0.6) is 0 Å². The number of halogens is 3. The van der Waals surface area contributed by atoms with E-state index in [1.807, 2.05) is 13.8 Å². The predicted molar refractivity (Wildman–Crippen MR) is 94.5 cm³/mol. The summed E-state index contributed by atoms with van der Waals surface area (Å²) >= 11 is 1.24. The van der Waals surface area contributed by atoms with Crippen molar-refractivity contribution >= 4 is 28.6 Å². The highest BCUT2D eigenvalue weighted by atomic mass is 32.1. The van der Waals surface area contributed by atoms with Crippen molar-refractivity contribution in [3.8, 4) is 0 Å². The Labute approximate surface area is 152 Å². The van der Waals surface area contributed by atoms with Gasteiger partial charge in [0.05, 0.1) is 18.7 Å². The van der Waals surface area contributed by atoms with Crippen molar-refractivity contribution in [3.05, 3.63) is 52.1 Å². The van der Waals surface area contributed by atoms with Crippen LogP contribution in [-0.2, 0) is 23.9 Å². The zero-order valence-corrected chi connectivity index (χ0v) is 15.0. The zero-order valence-electron chi connectivity index (χ0n) is 14.2. The molecule has 3 aromatic heterocycles. The highest BCUT2D eigenvalue weighted by Gasteiger charge is 2.37. The van der Waals surface area contributed by atoms with E-state index in [2.05, 4.69) is 10.3 Å². The molecule has 0 atom stereocenters. The Morgan fingerprint density at radius 1 is 1.31 bits per heavy atom. The van der Waals surface area contributed by atoms with E-state index in [4.69, 9.17) is 5.11 Å². The summed E-state index contributed by atoms with van der Waals surface area (Å²) in [6, 6.07) is 6.39. The third-order valence-corrected chi connectivity index (χ3v) is 4.32. The summed E-state index contributed by atoms with van der Waals surface area (Å²) in [6.45, 7) is 3.88. The van der Waals surface area contributed by atoms with Crippen LogP contribution in [-0.4, -0.2) is 20.5 Å². The molecular formula is C17H18F3N3O2S. The molecule has 0 aliphatic carbocycles. The van der Waals surface area contributed by atoms with Crippen LogP contribution in [0.15, 0.2) is 35.8 Å². The number of carboxylic acids is 1. The topological polar surface area (TPSA) is 66.6 Å². The van der Waals surface area contributed by atoms with Crippen molar-refractivity contribution in [3.63, 3.8) is 0 Å². The fourth-order valence-corrected chi connectivity index (χ4v) is 3.24. The number of pyridine rings is 1. The van der Waals surface area contributed by atoms with Gasteiger partial charge in [-0.1, -0.05) is 19.9 Å². The lowest BCUT2D eigenvalue weighted by atomic mass is 10.2. The van der Waals surface area contributed by atoms with Crippen LogP contribution in [0.1, 0.15) is 30.1 Å². The third kappa shape index (κ3) is 4.34. The van der Waals surface area contributed by atoms with Gasteiger partial charge in [0.2, 0.25) is 0 Å². The molecular weight excluding hydrogens is 367 g/mol. The number of alkyl halides is 3. The molecule has 0 amide bonds. The first-order valence-electron chi connectivity index (χ1n) is 7.91. The molecule has 3 heterocycles. The normalized spacial score (nSPS) is 11.1. The molecule has 0 fully saturated rings. The first kappa shape index (κ1) is 19.8. The highest BCUT2D eigenvalue weighted by molar-refractivity contribution is 7.10. The van der Waals surface area contributed by atoms with Crippen LogP contribution < -0.4 is 5.32 Å². The standard InChI is InChI=1S/C15H12F3N3O2S.C2H6/c16-15(17,18)14-10(21-5-2-1-3-12(21)20-14)8-19-9-4-6-24-11(9)7-13(22)23;1-2/h1-6,19H,7-8H2,(H,22,23);1-2H3. The number of thiophene rings is 1. The molecule has 0 radical (unpaired) electrons. The minimum absolute atomic E-state index is 0.0226. The van der Waals surface area contributed by atoms with Gasteiger partial charge in [-0.05, 0) is 23.6 Å². The lowest BCUT2D eigenvalue weighted by Gasteiger charge is -2.10. The monoisotopic (exact) mass is 385 g/mol. The molecule has 2 N–H and O–H groups in total. The van der Waals surface area contributed by atoms with Crippen LogP contribution >= 0.6 is 11.3 Å². The number of nitrogens with zero attached hydrogens (tertiary/aromatic N) is 2. The molecule has 3 aromatic rings. The molecule has 0 spiro atoms. The summed E-state index contributed by atoms with van der Waals surface area (Å²) in [5.74, 6) is -0.994. The van der Waals surface area contributed by atoms with Crippen molar-refractivity contribution in [2.45, 2.75) is 33.0 Å². The second-order valence-electron chi connectivity index (χ2n) is 5.02. The van der Waals surface area contributed by atoms with E-state index in [1.54, 1.807) is 23.6 Å². The van der Waals surface area contributed by atoms with Gasteiger partial charge in [-0.2, -0.15) is 13.2 Å². The number of carbonyl (C=O) groups is 1. The average Bonchev–Trinajstić information content (AvgIpc) is 3.18. The van der Waals surface area contributed by atoms with Crippen molar-refractivity contribution in [2.75, 3.05) is 5.32 Å². The maximum atomic E-state index is 13.2. The molecule has 26 heavy (non-hydrogen) atoms. The summed E-state index contributed by atoms with van der Waals surface area (Å²) in [5, 5.41) is 13.5. The quantitative estimate of drug-likeness (QED) is 0.669. The maximum Gasteiger partial charge on any atom is 0.435 e. The Morgan fingerprint density at radius 3 is 2.69 bits per heavy atom. The summed E-state index contributed by atoms with van der Waals surface area (Å²) in [5.41, 5.74) is -0.249. The Kier molecular flexibility index (Phi) is 6.25. The molecule has 0 aliphatic heterocycles. The van der Waals surface area contributed by atoms with Gasteiger partial charge in [0.25, 0.3) is 0 Å². The van der Waals surface area contributed by atoms with Crippen LogP contribution in [0, 0.1) is 0 Å². The van der Waals surface area contributed by atoms with E-state index >= 15 is 0 Å². The van der Waals surface area contributed by atoms with Crippen LogP contribution in [0.4, 0.5) is 18.9 Å². The van der Waals surface area contributed by atoms with Gasteiger partial charge in [0, 0.05) is 16.8 Å². The number of fused-ring (bicyclic) bond motifs is 1. The summed E-state index contributed by atoms with van der Waals surface area (Å²) < 4.78 is 41.0. The Bertz CT molecular complexity index is 887. The van der Waals surface area contributed by atoms with Crippen LogP contribution in [0.25, 0.3) is 5.65 Å². The highest BCUT2D eigenvalue weighted by Crippen LogP contribution is 2.33. The summed E-state index contributed by atoms with van der Waals surface area (Å²) in [6.07, 6.45) is -3.23. The van der Waals surface area contributed by atoms with E-state index < -0.39 is 17.8 Å². The second kappa shape index (κ2) is 8.22. The van der Waals surface area contributed by atoms with Gasteiger partial charge in [-0.15, -0.1) is 11.3 Å². The number of carboxylic acid groups (broad SMARTS) is 1. The van der Waals surface area contributed by atoms with Crippen LogP contribution in [0.3, 0.4) is 0 Å². The van der Waals surface area contributed by atoms with Crippen molar-refractivity contribution in [1.29, 1.82) is 0 Å². The van der Waals surface area contributed by atoms with E-state index in [0.717, 1.165) is 0 Å². The summed E-state index contributed by atoms with van der Waals surface area (Å²) in [4.78, 5) is 15.0. The SMILES string of the molecule is CC.O=C(O)Cc1sccc1NCc1c(C(F)(F)F)nc2ccccn12. The fraction of sp³-hybridized carbons (Fsp3) is 0.294. The van der Waals surface area contributed by atoms with Crippen molar-refractivity contribution in [2.24, 2.45) is 0 Å². The number of anilines is 1. The first-order chi connectivity index (χ1) is 12.4. The number of hydrogen-bond acceptors (Lipinski definition) is 4. The maximum absolute atomic E-state index is 13.2. The summed E-state index contributed by atoms with van der Waals surface area (Å²) in [7, 11) is 0. The minimum Gasteiger partial charge on any atom is -0.481 e. The van der Waals surface area contributed by atoms with Gasteiger partial charge >= 0.3 is 12.1 Å². The molecule has 0 aliphatic rings. The van der Waals surface area contributed by atoms with E-state index in [1.165, 1.54) is 28.0 Å². The number of rotatable bonds is 5. The largest absolute Gasteiger partial charge is 0.481 e. The molecule has 0 aromatic carbocycles. The van der Waals surface area contributed by atoms with E-state index in [0.29, 0.717) is 10.6 Å². The van der Waals surface area contributed by atoms with Crippen LogP contribution in [0.2, 0.25) is 0 Å². The second-order valence-corrected chi connectivity index (χ2v) is 6.02. The molecule has 0 unspecified atom stereocenters. The lowest BCUT2D eigenvalue weighted by molar-refractivity contribution is -0.141. The molecule has 0 saturated heterocycles. The van der Waals surface area contributed by atoms with Gasteiger partial charge in [-0.3, -0.25) is 4.79 Å².